The molecule has 1 aliphatic heterocycles. The van der Waals surface area contributed by atoms with Crippen LogP contribution in [-0.2, 0) is 0 Å². The third kappa shape index (κ3) is 3.51. The molecule has 0 aliphatic carbocycles. The number of benzene rings is 2. The first-order valence-electron chi connectivity index (χ1n) is 9.11. The van der Waals surface area contributed by atoms with Crippen molar-refractivity contribution in [1.29, 1.82) is 0 Å². The number of aromatic carboxylic acids is 1. The highest BCUT2D eigenvalue weighted by Gasteiger charge is 2.20. The van der Waals surface area contributed by atoms with Crippen LogP contribution in [0.4, 0.5) is 11.4 Å². The minimum atomic E-state index is -1.06. The fourth-order valence-corrected chi connectivity index (χ4v) is 2.99. The fraction of sp³-hybridized carbons (Fsp3) is 0.238. The molecule has 144 valence electrons. The quantitative estimate of drug-likeness (QED) is 0.580. The Kier molecular flexibility index (Phi) is 4.89. The van der Waals surface area contributed by atoms with Crippen LogP contribution in [0.2, 0.25) is 0 Å². The van der Waals surface area contributed by atoms with Crippen LogP contribution in [0.15, 0.2) is 42.6 Å². The lowest BCUT2D eigenvalue weighted by Gasteiger charge is -2.14. The molecule has 7 heteroatoms. The van der Waals surface area contributed by atoms with Gasteiger partial charge in [-0.05, 0) is 36.8 Å². The zero-order valence-electron chi connectivity index (χ0n) is 15.4. The summed E-state index contributed by atoms with van der Waals surface area (Å²) in [5.41, 5.74) is 1.90. The molecule has 2 aromatic carbocycles. The van der Waals surface area contributed by atoms with Crippen molar-refractivity contribution in [2.24, 2.45) is 0 Å². The number of aromatic nitrogens is 1. The number of ether oxygens (including phenoxy) is 3. The van der Waals surface area contributed by atoms with Crippen LogP contribution < -0.4 is 19.5 Å². The van der Waals surface area contributed by atoms with E-state index in [0.717, 1.165) is 24.3 Å². The van der Waals surface area contributed by atoms with Crippen molar-refractivity contribution in [3.8, 4) is 17.2 Å². The van der Waals surface area contributed by atoms with Gasteiger partial charge >= 0.3 is 5.97 Å². The van der Waals surface area contributed by atoms with E-state index in [1.54, 1.807) is 12.1 Å². The summed E-state index contributed by atoms with van der Waals surface area (Å²) >= 11 is 0. The van der Waals surface area contributed by atoms with Gasteiger partial charge in [-0.3, -0.25) is 4.98 Å². The SMILES string of the molecule is CCCCOc1ccc(Nc2c(C(=O)O)cnc3cc4c(cc23)OCO4)cc1. The summed E-state index contributed by atoms with van der Waals surface area (Å²) in [6.45, 7) is 2.93. The summed E-state index contributed by atoms with van der Waals surface area (Å²) in [7, 11) is 0. The highest BCUT2D eigenvalue weighted by atomic mass is 16.7. The summed E-state index contributed by atoms with van der Waals surface area (Å²) < 4.78 is 16.5. The van der Waals surface area contributed by atoms with Gasteiger partial charge in [-0.15, -0.1) is 0 Å². The molecule has 0 fully saturated rings. The van der Waals surface area contributed by atoms with Gasteiger partial charge in [0.1, 0.15) is 11.3 Å². The van der Waals surface area contributed by atoms with E-state index in [0.29, 0.717) is 34.7 Å². The molecule has 0 unspecified atom stereocenters. The topological polar surface area (TPSA) is 89.9 Å². The Morgan fingerprint density at radius 3 is 2.68 bits per heavy atom. The second-order valence-electron chi connectivity index (χ2n) is 6.43. The molecule has 4 rings (SSSR count). The van der Waals surface area contributed by atoms with Crippen LogP contribution in [0.1, 0.15) is 30.1 Å². The Morgan fingerprint density at radius 1 is 1.21 bits per heavy atom. The van der Waals surface area contributed by atoms with Gasteiger partial charge in [0, 0.05) is 23.3 Å². The number of anilines is 2. The molecule has 0 bridgehead atoms. The first kappa shape index (κ1) is 17.9. The van der Waals surface area contributed by atoms with Crippen LogP contribution in [0.5, 0.6) is 17.2 Å². The molecule has 3 aromatic rings. The monoisotopic (exact) mass is 380 g/mol. The molecule has 0 atom stereocenters. The molecule has 0 saturated carbocycles. The van der Waals surface area contributed by atoms with Gasteiger partial charge in [0.05, 0.1) is 17.8 Å². The Bertz CT molecular complexity index is 1020. The Labute approximate surface area is 161 Å². The van der Waals surface area contributed by atoms with Crippen molar-refractivity contribution in [3.63, 3.8) is 0 Å². The standard InChI is InChI=1S/C21H20N2O5/c1-2-3-8-26-14-6-4-13(5-7-14)23-20-15-9-18-19(28-12-27-18)10-17(15)22-11-16(20)21(24)25/h4-7,9-11H,2-3,8,12H2,1H3,(H,22,23)(H,24,25). The zero-order valence-corrected chi connectivity index (χ0v) is 15.4. The first-order chi connectivity index (χ1) is 13.7. The van der Waals surface area contributed by atoms with Crippen molar-refractivity contribution < 1.29 is 24.1 Å². The highest BCUT2D eigenvalue weighted by Crippen LogP contribution is 2.39. The van der Waals surface area contributed by atoms with Crippen LogP contribution in [0, 0.1) is 0 Å². The average Bonchev–Trinajstić information content (AvgIpc) is 3.15. The van der Waals surface area contributed by atoms with Crippen LogP contribution in [0.3, 0.4) is 0 Å². The van der Waals surface area contributed by atoms with E-state index in [2.05, 4.69) is 17.2 Å². The van der Waals surface area contributed by atoms with Crippen LogP contribution in [-0.4, -0.2) is 29.5 Å². The number of hydrogen-bond acceptors (Lipinski definition) is 6. The molecule has 1 aromatic heterocycles. The van der Waals surface area contributed by atoms with Gasteiger partial charge in [-0.2, -0.15) is 0 Å². The molecule has 0 amide bonds. The van der Waals surface area contributed by atoms with Gasteiger partial charge < -0.3 is 24.6 Å². The lowest BCUT2D eigenvalue weighted by atomic mass is 10.1. The number of nitrogens with zero attached hydrogens (tertiary/aromatic N) is 1. The minimum absolute atomic E-state index is 0.0784. The van der Waals surface area contributed by atoms with E-state index < -0.39 is 5.97 Å². The summed E-state index contributed by atoms with van der Waals surface area (Å²) in [6, 6.07) is 10.9. The second-order valence-corrected chi connectivity index (χ2v) is 6.43. The Hall–Kier alpha value is -3.48. The van der Waals surface area contributed by atoms with Gasteiger partial charge in [-0.1, -0.05) is 13.3 Å². The first-order valence-corrected chi connectivity index (χ1v) is 9.11. The van der Waals surface area contributed by atoms with Gasteiger partial charge in [0.25, 0.3) is 0 Å². The van der Waals surface area contributed by atoms with E-state index in [1.165, 1.54) is 6.20 Å². The number of rotatable bonds is 7. The Morgan fingerprint density at radius 2 is 1.96 bits per heavy atom. The molecule has 2 heterocycles. The average molecular weight is 380 g/mol. The smallest absolute Gasteiger partial charge is 0.339 e. The summed E-state index contributed by atoms with van der Waals surface area (Å²) in [4.78, 5) is 16.0. The van der Waals surface area contributed by atoms with Crippen molar-refractivity contribution in [2.45, 2.75) is 19.8 Å². The number of nitrogens with one attached hydrogen (secondary N) is 1. The lowest BCUT2D eigenvalue weighted by molar-refractivity contribution is 0.0697. The number of pyridine rings is 1. The van der Waals surface area contributed by atoms with Crippen LogP contribution in [0.25, 0.3) is 10.9 Å². The van der Waals surface area contributed by atoms with Crippen molar-refractivity contribution in [3.05, 3.63) is 48.2 Å². The maximum Gasteiger partial charge on any atom is 0.339 e. The maximum atomic E-state index is 11.7. The second kappa shape index (κ2) is 7.64. The zero-order chi connectivity index (χ0) is 19.5. The number of carboxylic acid groups (broad SMARTS) is 1. The lowest BCUT2D eigenvalue weighted by Crippen LogP contribution is -2.05. The summed E-state index contributed by atoms with van der Waals surface area (Å²) in [5, 5.41) is 13.5. The molecule has 2 N–H and O–H groups in total. The van der Waals surface area contributed by atoms with Crippen LogP contribution >= 0.6 is 0 Å². The maximum absolute atomic E-state index is 11.7. The van der Waals surface area contributed by atoms with Gasteiger partial charge in [0.15, 0.2) is 11.5 Å². The molecule has 28 heavy (non-hydrogen) atoms. The van der Waals surface area contributed by atoms with E-state index >= 15 is 0 Å². The number of carbonyl (C=O) groups is 1. The molecule has 7 nitrogen and oxygen atoms in total. The third-order valence-electron chi connectivity index (χ3n) is 4.48. The fourth-order valence-electron chi connectivity index (χ4n) is 2.99. The normalized spacial score (nSPS) is 12.2. The molecule has 0 saturated heterocycles. The summed E-state index contributed by atoms with van der Waals surface area (Å²) in [6.07, 6.45) is 3.42. The van der Waals surface area contributed by atoms with E-state index in [9.17, 15) is 9.90 Å². The highest BCUT2D eigenvalue weighted by molar-refractivity contribution is 6.06. The summed E-state index contributed by atoms with van der Waals surface area (Å²) in [5.74, 6) is 0.886. The molecule has 0 spiro atoms. The predicted molar refractivity (Wildman–Crippen MR) is 105 cm³/mol. The van der Waals surface area contributed by atoms with E-state index in [-0.39, 0.29) is 12.4 Å². The predicted octanol–water partition coefficient (Wildman–Crippen LogP) is 4.58. The van der Waals surface area contributed by atoms with Gasteiger partial charge in [0.2, 0.25) is 6.79 Å². The number of carboxylic acids is 1. The minimum Gasteiger partial charge on any atom is -0.494 e. The number of hydrogen-bond donors (Lipinski definition) is 2. The molecule has 0 radical (unpaired) electrons. The van der Waals surface area contributed by atoms with Crippen molar-refractivity contribution in [1.82, 2.24) is 4.98 Å². The third-order valence-corrected chi connectivity index (χ3v) is 4.48. The molecular weight excluding hydrogens is 360 g/mol. The number of unbranched alkanes of at least 4 members (excludes halogenated alkanes) is 1. The van der Waals surface area contributed by atoms with E-state index in [1.807, 2.05) is 24.3 Å². The Balaban J connectivity index is 1.68. The van der Waals surface area contributed by atoms with Crippen molar-refractivity contribution in [2.75, 3.05) is 18.7 Å². The van der Waals surface area contributed by atoms with Crippen molar-refractivity contribution >= 4 is 28.2 Å². The number of fused-ring (bicyclic) bond motifs is 2. The van der Waals surface area contributed by atoms with E-state index in [4.69, 9.17) is 14.2 Å². The largest absolute Gasteiger partial charge is 0.494 e. The molecule has 1 aliphatic rings. The van der Waals surface area contributed by atoms with Gasteiger partial charge in [-0.25, -0.2) is 4.79 Å². The molecular formula is C21H20N2O5.